The van der Waals surface area contributed by atoms with Crippen molar-refractivity contribution >= 4 is 34.8 Å². The second kappa shape index (κ2) is 6.28. The molecule has 2 aromatic rings. The maximum atomic E-state index is 7.02. The molecule has 3 heteroatoms. The normalized spacial score (nSPS) is 28.2. The van der Waals surface area contributed by atoms with Crippen LogP contribution in [0.5, 0.6) is 0 Å². The van der Waals surface area contributed by atoms with Gasteiger partial charge in [-0.1, -0.05) is 72.3 Å². The Labute approximate surface area is 146 Å². The highest BCUT2D eigenvalue weighted by atomic mass is 35.5. The first kappa shape index (κ1) is 15.9. The van der Waals surface area contributed by atoms with Crippen LogP contribution in [0.25, 0.3) is 0 Å². The molecular weight excluding hydrogens is 335 g/mol. The molecule has 0 heterocycles. The molecule has 0 aliphatic heterocycles. The van der Waals surface area contributed by atoms with Crippen LogP contribution in [0.1, 0.15) is 29.9 Å². The zero-order chi connectivity index (χ0) is 15.7. The van der Waals surface area contributed by atoms with E-state index in [2.05, 4.69) is 24.3 Å². The first-order chi connectivity index (χ1) is 10.6. The summed E-state index contributed by atoms with van der Waals surface area (Å²) in [6.07, 6.45) is 0. The Hall–Kier alpha value is -0.950. The van der Waals surface area contributed by atoms with E-state index in [4.69, 9.17) is 34.8 Å². The molecule has 0 N–H and O–H groups in total. The molecule has 0 nitrogen and oxygen atoms in total. The molecule has 3 rings (SSSR count). The monoisotopic (exact) mass is 350 g/mol. The summed E-state index contributed by atoms with van der Waals surface area (Å²) in [5.41, 5.74) is 3.37. The molecule has 0 radical (unpaired) electrons. The molecule has 0 bridgehead atoms. The van der Waals surface area contributed by atoms with E-state index in [0.29, 0.717) is 10.9 Å². The molecule has 0 saturated heterocycles. The van der Waals surface area contributed by atoms with E-state index in [1.807, 2.05) is 43.3 Å². The van der Waals surface area contributed by atoms with Crippen molar-refractivity contribution in [2.75, 3.05) is 5.88 Å². The van der Waals surface area contributed by atoms with Crippen molar-refractivity contribution in [3.63, 3.8) is 0 Å². The molecule has 2 atom stereocenters. The SMILES string of the molecule is C/C(CCl)=C(\Cl)C1(Cl)[C@@H](c2ccccc2)[C@@H]1c1ccccc1. The number of benzene rings is 2. The number of hydrogen-bond acceptors (Lipinski definition) is 0. The molecule has 114 valence electrons. The minimum atomic E-state index is -0.594. The highest BCUT2D eigenvalue weighted by molar-refractivity contribution is 6.42. The van der Waals surface area contributed by atoms with Gasteiger partial charge in [-0.25, -0.2) is 0 Å². The number of allylic oxidation sites excluding steroid dienone is 2. The second-order valence-corrected chi connectivity index (χ2v) is 7.04. The van der Waals surface area contributed by atoms with Gasteiger partial charge in [-0.3, -0.25) is 0 Å². The summed E-state index contributed by atoms with van der Waals surface area (Å²) >= 11 is 19.6. The van der Waals surface area contributed by atoms with Crippen LogP contribution in [0, 0.1) is 0 Å². The Morgan fingerprint density at radius 2 is 1.32 bits per heavy atom. The van der Waals surface area contributed by atoms with Crippen LogP contribution in [-0.2, 0) is 0 Å². The van der Waals surface area contributed by atoms with Crippen LogP contribution in [-0.4, -0.2) is 10.8 Å². The molecule has 0 unspecified atom stereocenters. The van der Waals surface area contributed by atoms with Crippen molar-refractivity contribution in [3.05, 3.63) is 82.4 Å². The zero-order valence-electron chi connectivity index (χ0n) is 12.3. The van der Waals surface area contributed by atoms with Gasteiger partial charge >= 0.3 is 0 Å². The van der Waals surface area contributed by atoms with Gasteiger partial charge in [0.05, 0.1) is 4.87 Å². The van der Waals surface area contributed by atoms with Crippen LogP contribution in [0.3, 0.4) is 0 Å². The van der Waals surface area contributed by atoms with Gasteiger partial charge in [0.2, 0.25) is 0 Å². The molecule has 0 amide bonds. The first-order valence-corrected chi connectivity index (χ1v) is 8.60. The average Bonchev–Trinajstić information content (AvgIpc) is 3.22. The minimum absolute atomic E-state index is 0.170. The lowest BCUT2D eigenvalue weighted by Crippen LogP contribution is -2.07. The molecule has 1 aliphatic carbocycles. The number of rotatable bonds is 4. The number of alkyl halides is 2. The third kappa shape index (κ3) is 2.58. The van der Waals surface area contributed by atoms with Gasteiger partial charge in [-0.15, -0.1) is 23.2 Å². The van der Waals surface area contributed by atoms with E-state index in [0.717, 1.165) is 5.57 Å². The molecule has 22 heavy (non-hydrogen) atoms. The van der Waals surface area contributed by atoms with Crippen LogP contribution in [0.15, 0.2) is 71.3 Å². The van der Waals surface area contributed by atoms with Crippen LogP contribution >= 0.6 is 34.8 Å². The highest BCUT2D eigenvalue weighted by Gasteiger charge is 2.67. The Balaban J connectivity index is 2.07. The molecule has 1 fully saturated rings. The van der Waals surface area contributed by atoms with Crippen LogP contribution < -0.4 is 0 Å². The fourth-order valence-electron chi connectivity index (χ4n) is 3.21. The Morgan fingerprint density at radius 1 is 0.909 bits per heavy atom. The van der Waals surface area contributed by atoms with Gasteiger partial charge in [-0.2, -0.15) is 0 Å². The standard InChI is InChI=1S/C19H17Cl3/c1-13(12-20)18(21)19(22)16(14-8-4-2-5-9-14)17(19)15-10-6-3-7-11-15/h2-11,16-17H,12H2,1H3/b18-13+/t16-,17-/m0/s1. The van der Waals surface area contributed by atoms with Crippen LogP contribution in [0.4, 0.5) is 0 Å². The van der Waals surface area contributed by atoms with Crippen molar-refractivity contribution in [3.8, 4) is 0 Å². The van der Waals surface area contributed by atoms with Gasteiger partial charge in [0.15, 0.2) is 0 Å². The van der Waals surface area contributed by atoms with Crippen molar-refractivity contribution in [2.45, 2.75) is 23.6 Å². The van der Waals surface area contributed by atoms with Crippen molar-refractivity contribution in [2.24, 2.45) is 0 Å². The lowest BCUT2D eigenvalue weighted by atomic mass is 10.0. The summed E-state index contributed by atoms with van der Waals surface area (Å²) in [7, 11) is 0. The van der Waals surface area contributed by atoms with Gasteiger partial charge in [0.1, 0.15) is 0 Å². The molecule has 1 aliphatic rings. The predicted octanol–water partition coefficient (Wildman–Crippen LogP) is 6.30. The Bertz CT molecular complexity index is 631. The average molecular weight is 352 g/mol. The van der Waals surface area contributed by atoms with E-state index in [9.17, 15) is 0 Å². The summed E-state index contributed by atoms with van der Waals surface area (Å²) in [6, 6.07) is 20.7. The Kier molecular flexibility index (Phi) is 4.54. The summed E-state index contributed by atoms with van der Waals surface area (Å²) in [6.45, 7) is 1.95. The molecule has 1 saturated carbocycles. The fourth-order valence-corrected chi connectivity index (χ4v) is 4.31. The number of hydrogen-bond donors (Lipinski definition) is 0. The van der Waals surface area contributed by atoms with Gasteiger partial charge in [-0.05, 0) is 23.6 Å². The first-order valence-electron chi connectivity index (χ1n) is 7.31. The smallest absolute Gasteiger partial charge is 0.0950 e. The quantitative estimate of drug-likeness (QED) is 0.567. The summed E-state index contributed by atoms with van der Waals surface area (Å²) in [5.74, 6) is 0.739. The maximum Gasteiger partial charge on any atom is 0.0950 e. The second-order valence-electron chi connectivity index (χ2n) is 5.77. The van der Waals surface area contributed by atoms with E-state index in [1.165, 1.54) is 11.1 Å². The largest absolute Gasteiger partial charge is 0.122 e. The summed E-state index contributed by atoms with van der Waals surface area (Å²) in [4.78, 5) is -0.594. The van der Waals surface area contributed by atoms with Crippen LogP contribution in [0.2, 0.25) is 0 Å². The van der Waals surface area contributed by atoms with Gasteiger partial charge < -0.3 is 0 Å². The topological polar surface area (TPSA) is 0 Å². The zero-order valence-corrected chi connectivity index (χ0v) is 14.5. The van der Waals surface area contributed by atoms with Gasteiger partial charge in [0, 0.05) is 22.7 Å². The number of halogens is 3. The molecule has 0 spiro atoms. The third-order valence-electron chi connectivity index (χ3n) is 4.36. The fraction of sp³-hybridized carbons (Fsp3) is 0.263. The molecular formula is C19H17Cl3. The van der Waals surface area contributed by atoms with E-state index >= 15 is 0 Å². The summed E-state index contributed by atoms with van der Waals surface area (Å²) < 4.78 is 0. The lowest BCUT2D eigenvalue weighted by Gasteiger charge is -2.12. The maximum absolute atomic E-state index is 7.02. The van der Waals surface area contributed by atoms with E-state index in [1.54, 1.807) is 0 Å². The minimum Gasteiger partial charge on any atom is -0.122 e. The van der Waals surface area contributed by atoms with Crippen molar-refractivity contribution < 1.29 is 0 Å². The van der Waals surface area contributed by atoms with E-state index in [-0.39, 0.29) is 11.8 Å². The van der Waals surface area contributed by atoms with Gasteiger partial charge in [0.25, 0.3) is 0 Å². The molecule has 2 aromatic carbocycles. The predicted molar refractivity (Wildman–Crippen MR) is 96.2 cm³/mol. The van der Waals surface area contributed by atoms with Crippen molar-refractivity contribution in [1.29, 1.82) is 0 Å². The van der Waals surface area contributed by atoms with E-state index < -0.39 is 4.87 Å². The highest BCUT2D eigenvalue weighted by Crippen LogP contribution is 2.71. The summed E-state index contributed by atoms with van der Waals surface area (Å²) in [5, 5.41) is 0.687. The Morgan fingerprint density at radius 3 is 1.68 bits per heavy atom. The third-order valence-corrected chi connectivity index (χ3v) is 6.15. The lowest BCUT2D eigenvalue weighted by molar-refractivity contribution is 1.01. The van der Waals surface area contributed by atoms with Crippen molar-refractivity contribution in [1.82, 2.24) is 0 Å². The molecule has 0 aromatic heterocycles.